The topological polar surface area (TPSA) is 89.2 Å². The molecule has 1 atom stereocenters. The van der Waals surface area contributed by atoms with Crippen molar-refractivity contribution in [2.75, 3.05) is 19.7 Å². The van der Waals surface area contributed by atoms with Gasteiger partial charge in [0.1, 0.15) is 23.2 Å². The van der Waals surface area contributed by atoms with Crippen molar-refractivity contribution >= 4 is 28.2 Å². The number of hydrogen-bond acceptors (Lipinski definition) is 5. The molecule has 0 radical (unpaired) electrons. The Kier molecular flexibility index (Phi) is 4.38. The molecule has 1 unspecified atom stereocenters. The molecule has 0 spiro atoms. The Morgan fingerprint density at radius 1 is 1.43 bits per heavy atom. The number of nitrogens with zero attached hydrogens (tertiary/aromatic N) is 1. The van der Waals surface area contributed by atoms with Gasteiger partial charge in [-0.05, 0) is 32.0 Å². The molecule has 0 amide bonds. The fraction of sp³-hybridized carbons (Fsp3) is 0.400. The van der Waals surface area contributed by atoms with E-state index in [1.54, 1.807) is 19.1 Å². The van der Waals surface area contributed by atoms with Gasteiger partial charge in [0.2, 0.25) is 11.3 Å². The van der Waals surface area contributed by atoms with Crippen LogP contribution in [0.1, 0.15) is 23.0 Å². The monoisotopic (exact) mass is 339 g/mol. The number of hydrogen-bond donors (Lipinski definition) is 1. The number of carbonyl (C=O) groups is 1. The highest BCUT2D eigenvalue weighted by molar-refractivity contribution is 7.76. The van der Waals surface area contributed by atoms with Crippen LogP contribution in [0, 0.1) is 6.92 Å². The van der Waals surface area contributed by atoms with Crippen molar-refractivity contribution in [2.45, 2.75) is 20.0 Å². The lowest BCUT2D eigenvalue weighted by molar-refractivity contribution is 0.0523. The van der Waals surface area contributed by atoms with Crippen molar-refractivity contribution in [2.24, 2.45) is 0 Å². The molecule has 0 bridgehead atoms. The SMILES string of the molecule is CCOC(=O)c1cc(OC2CN(S(=O)O)C2)c2cc(C)oc2c1. The van der Waals surface area contributed by atoms with E-state index in [2.05, 4.69) is 0 Å². The minimum Gasteiger partial charge on any atom is -0.487 e. The summed E-state index contributed by atoms with van der Waals surface area (Å²) in [6.07, 6.45) is -0.207. The van der Waals surface area contributed by atoms with Crippen molar-refractivity contribution in [1.82, 2.24) is 4.31 Å². The number of furan rings is 1. The van der Waals surface area contributed by atoms with Crippen LogP contribution in [0.4, 0.5) is 0 Å². The van der Waals surface area contributed by atoms with Crippen LogP contribution in [0.3, 0.4) is 0 Å². The summed E-state index contributed by atoms with van der Waals surface area (Å²) in [5.74, 6) is 0.772. The number of rotatable bonds is 5. The van der Waals surface area contributed by atoms with Crippen molar-refractivity contribution < 1.29 is 27.4 Å². The van der Waals surface area contributed by atoms with Gasteiger partial charge in [-0.1, -0.05) is 0 Å². The van der Waals surface area contributed by atoms with Gasteiger partial charge in [0.05, 0.1) is 30.6 Å². The van der Waals surface area contributed by atoms with Crippen LogP contribution >= 0.6 is 0 Å². The van der Waals surface area contributed by atoms with Gasteiger partial charge in [-0.15, -0.1) is 0 Å². The van der Waals surface area contributed by atoms with Crippen LogP contribution in [0.2, 0.25) is 0 Å². The summed E-state index contributed by atoms with van der Waals surface area (Å²) in [5.41, 5.74) is 0.899. The molecule has 1 aliphatic heterocycles. The molecule has 124 valence electrons. The third-order valence-corrected chi connectivity index (χ3v) is 4.30. The maximum absolute atomic E-state index is 12.0. The predicted octanol–water partition coefficient (Wildman–Crippen LogP) is 2.12. The lowest BCUT2D eigenvalue weighted by Crippen LogP contribution is -2.54. The Bertz CT molecular complexity index is 765. The molecule has 1 N–H and O–H groups in total. The highest BCUT2D eigenvalue weighted by Crippen LogP contribution is 2.32. The second-order valence-corrected chi connectivity index (χ2v) is 6.26. The fourth-order valence-corrected chi connectivity index (χ4v) is 3.03. The fourth-order valence-electron chi connectivity index (χ4n) is 2.45. The number of fused-ring (bicyclic) bond motifs is 1. The summed E-state index contributed by atoms with van der Waals surface area (Å²) < 4.78 is 37.7. The quantitative estimate of drug-likeness (QED) is 0.663. The largest absolute Gasteiger partial charge is 0.487 e. The van der Waals surface area contributed by atoms with Gasteiger partial charge in [0, 0.05) is 0 Å². The van der Waals surface area contributed by atoms with E-state index in [0.29, 0.717) is 35.7 Å². The number of aryl methyl sites for hydroxylation is 1. The van der Waals surface area contributed by atoms with Gasteiger partial charge in [0.25, 0.3) is 0 Å². The van der Waals surface area contributed by atoms with Crippen LogP contribution in [-0.2, 0) is 16.0 Å². The van der Waals surface area contributed by atoms with E-state index in [1.165, 1.54) is 4.31 Å². The molecule has 1 saturated heterocycles. The van der Waals surface area contributed by atoms with Crippen LogP contribution in [0.5, 0.6) is 5.75 Å². The summed E-state index contributed by atoms with van der Waals surface area (Å²) in [6, 6.07) is 5.08. The zero-order valence-corrected chi connectivity index (χ0v) is 13.6. The summed E-state index contributed by atoms with van der Waals surface area (Å²) in [4.78, 5) is 12.0. The summed E-state index contributed by atoms with van der Waals surface area (Å²) in [5, 5.41) is 0.763. The first-order valence-corrected chi connectivity index (χ1v) is 8.28. The normalized spacial score (nSPS) is 17.0. The summed E-state index contributed by atoms with van der Waals surface area (Å²) >= 11 is -1.98. The van der Waals surface area contributed by atoms with Crippen molar-refractivity contribution in [1.29, 1.82) is 0 Å². The average Bonchev–Trinajstić information content (AvgIpc) is 2.82. The molecular weight excluding hydrogens is 322 g/mol. The smallest absolute Gasteiger partial charge is 0.338 e. The van der Waals surface area contributed by atoms with Gasteiger partial charge in [-0.3, -0.25) is 4.55 Å². The maximum atomic E-state index is 12.0. The third-order valence-electron chi connectivity index (χ3n) is 3.56. The maximum Gasteiger partial charge on any atom is 0.338 e. The number of ether oxygens (including phenoxy) is 2. The highest BCUT2D eigenvalue weighted by atomic mass is 32.2. The Labute approximate surface area is 135 Å². The number of esters is 1. The number of carbonyl (C=O) groups excluding carboxylic acids is 1. The first-order valence-electron chi connectivity index (χ1n) is 7.21. The Morgan fingerprint density at radius 3 is 2.83 bits per heavy atom. The zero-order chi connectivity index (χ0) is 16.6. The Morgan fingerprint density at radius 2 is 2.17 bits per heavy atom. The molecule has 1 aliphatic rings. The molecule has 1 fully saturated rings. The zero-order valence-electron chi connectivity index (χ0n) is 12.8. The molecule has 0 saturated carbocycles. The van der Waals surface area contributed by atoms with Crippen LogP contribution in [-0.4, -0.2) is 44.8 Å². The standard InChI is InChI=1S/C15H17NO6S/c1-3-20-15(17)10-5-13-12(4-9(2)21-13)14(6-10)22-11-7-16(8-11)23(18)19/h4-6,11H,3,7-8H2,1-2H3,(H,18,19). The van der Waals surface area contributed by atoms with Crippen LogP contribution in [0.25, 0.3) is 11.0 Å². The third kappa shape index (κ3) is 3.24. The van der Waals surface area contributed by atoms with Gasteiger partial charge >= 0.3 is 5.97 Å². The van der Waals surface area contributed by atoms with Gasteiger partial charge < -0.3 is 13.9 Å². The predicted molar refractivity (Wildman–Crippen MR) is 83.7 cm³/mol. The molecular formula is C15H17NO6S. The lowest BCUT2D eigenvalue weighted by atomic mass is 10.1. The van der Waals surface area contributed by atoms with E-state index in [4.69, 9.17) is 18.4 Å². The molecule has 2 heterocycles. The summed E-state index contributed by atoms with van der Waals surface area (Å²) in [6.45, 7) is 4.54. The second kappa shape index (κ2) is 6.31. The first kappa shape index (κ1) is 16.0. The molecule has 1 aromatic carbocycles. The Hall–Kier alpha value is -1.90. The summed E-state index contributed by atoms with van der Waals surface area (Å²) in [7, 11) is 0. The molecule has 23 heavy (non-hydrogen) atoms. The molecule has 0 aliphatic carbocycles. The second-order valence-electron chi connectivity index (χ2n) is 5.28. The molecule has 1 aromatic heterocycles. The van der Waals surface area contributed by atoms with E-state index in [-0.39, 0.29) is 12.7 Å². The van der Waals surface area contributed by atoms with Crippen molar-refractivity contribution in [3.05, 3.63) is 29.5 Å². The molecule has 7 nitrogen and oxygen atoms in total. The number of benzene rings is 1. The lowest BCUT2D eigenvalue weighted by Gasteiger charge is -2.35. The van der Waals surface area contributed by atoms with Gasteiger partial charge in [0.15, 0.2) is 0 Å². The van der Waals surface area contributed by atoms with E-state index in [9.17, 15) is 9.00 Å². The van der Waals surface area contributed by atoms with Gasteiger partial charge in [-0.25, -0.2) is 9.00 Å². The minimum atomic E-state index is -1.98. The van der Waals surface area contributed by atoms with E-state index in [1.807, 2.05) is 13.0 Å². The molecule has 2 aromatic rings. The first-order chi connectivity index (χ1) is 11.0. The highest BCUT2D eigenvalue weighted by Gasteiger charge is 2.33. The minimum absolute atomic E-state index is 0.207. The van der Waals surface area contributed by atoms with Crippen LogP contribution < -0.4 is 4.74 Å². The van der Waals surface area contributed by atoms with Crippen molar-refractivity contribution in [3.63, 3.8) is 0 Å². The van der Waals surface area contributed by atoms with Crippen LogP contribution in [0.15, 0.2) is 22.6 Å². The van der Waals surface area contributed by atoms with E-state index in [0.717, 1.165) is 5.39 Å². The molecule has 3 rings (SSSR count). The van der Waals surface area contributed by atoms with E-state index < -0.39 is 17.2 Å². The van der Waals surface area contributed by atoms with Crippen molar-refractivity contribution in [3.8, 4) is 5.75 Å². The average molecular weight is 339 g/mol. The van der Waals surface area contributed by atoms with Gasteiger partial charge in [-0.2, -0.15) is 4.31 Å². The molecule has 8 heteroatoms. The van der Waals surface area contributed by atoms with E-state index >= 15 is 0 Å². The Balaban J connectivity index is 1.88.